The quantitative estimate of drug-likeness (QED) is 0.114. The lowest BCUT2D eigenvalue weighted by Crippen LogP contribution is -2.24. The number of benzene rings is 3. The lowest BCUT2D eigenvalue weighted by atomic mass is 9.86. The maximum Gasteiger partial charge on any atom is 0.280 e. The van der Waals surface area contributed by atoms with Gasteiger partial charge in [0.05, 0.1) is 25.1 Å². The Bertz CT molecular complexity index is 1900. The van der Waals surface area contributed by atoms with E-state index in [-0.39, 0.29) is 30.5 Å². The summed E-state index contributed by atoms with van der Waals surface area (Å²) in [5, 5.41) is 23.3. The van der Waals surface area contributed by atoms with Crippen molar-refractivity contribution in [3.8, 4) is 5.75 Å². The van der Waals surface area contributed by atoms with Gasteiger partial charge in [-0.05, 0) is 53.8 Å². The molecule has 0 amide bonds. The molecule has 4 atom stereocenters. The number of hydrogen-bond donors (Lipinski definition) is 4. The van der Waals surface area contributed by atoms with Crippen LogP contribution in [-0.4, -0.2) is 74.0 Å². The topological polar surface area (TPSA) is 147 Å². The molecule has 1 fully saturated rings. The van der Waals surface area contributed by atoms with Gasteiger partial charge in [0.25, 0.3) is 5.56 Å². The van der Waals surface area contributed by atoms with E-state index in [0.29, 0.717) is 18.8 Å². The molecule has 0 bridgehead atoms. The lowest BCUT2D eigenvalue weighted by Gasteiger charge is -2.24. The Morgan fingerprint density at radius 3 is 2.43 bits per heavy atom. The Labute approximate surface area is 272 Å². The molecule has 5 aromatic rings. The largest absolute Gasteiger partial charge is 0.488 e. The summed E-state index contributed by atoms with van der Waals surface area (Å²) in [5.41, 5.74) is 5.07. The number of fused-ring (bicyclic) bond motifs is 1. The highest BCUT2D eigenvalue weighted by atomic mass is 16.5. The van der Waals surface area contributed by atoms with Crippen molar-refractivity contribution in [3.05, 3.63) is 118 Å². The monoisotopic (exact) mass is 634 g/mol. The van der Waals surface area contributed by atoms with E-state index in [1.807, 2.05) is 74.5 Å². The first-order chi connectivity index (χ1) is 23.0. The van der Waals surface area contributed by atoms with E-state index in [0.717, 1.165) is 33.6 Å². The highest BCUT2D eigenvalue weighted by Gasteiger charge is 2.35. The number of aromatic amines is 1. The third kappa shape index (κ3) is 7.02. The molecule has 1 aliphatic heterocycles. The van der Waals surface area contributed by atoms with Gasteiger partial charge in [-0.2, -0.15) is 4.98 Å². The number of nitrogens with one attached hydrogen (secondary N) is 2. The molecule has 3 aromatic carbocycles. The number of imidazole rings is 1. The Balaban J connectivity index is 1.41. The number of aliphatic hydroxyl groups is 2. The van der Waals surface area contributed by atoms with E-state index >= 15 is 0 Å². The molecule has 4 N–H and O–H groups in total. The summed E-state index contributed by atoms with van der Waals surface area (Å²) < 4.78 is 13.3. The molecular formula is C36H38N6O5. The Hall–Kier alpha value is -5.10. The van der Waals surface area contributed by atoms with Crippen LogP contribution >= 0.6 is 0 Å². The van der Waals surface area contributed by atoms with Crippen LogP contribution in [0, 0.1) is 0 Å². The maximum absolute atomic E-state index is 13.2. The number of hydrogen-bond acceptors (Lipinski definition) is 9. The van der Waals surface area contributed by atoms with Crippen LogP contribution in [-0.2, 0) is 4.74 Å². The molecule has 6 rings (SSSR count). The number of aromatic nitrogens is 4. The number of aliphatic imine (C=N–C) groups is 1. The third-order valence-electron chi connectivity index (χ3n) is 8.11. The zero-order valence-electron chi connectivity index (χ0n) is 26.3. The number of rotatable bonds is 12. The van der Waals surface area contributed by atoms with Crippen LogP contribution in [0.5, 0.6) is 5.75 Å². The summed E-state index contributed by atoms with van der Waals surface area (Å²) in [6, 6.07) is 27.9. The average Bonchev–Trinajstić information content (AvgIpc) is 3.70. The van der Waals surface area contributed by atoms with E-state index in [4.69, 9.17) is 14.5 Å². The van der Waals surface area contributed by atoms with Gasteiger partial charge in [-0.15, -0.1) is 0 Å². The SMILES string of the molecule is CCN=CCOc1ccc(/C(=C(\c2ccccc2)C(C)Nc2nc3c(ncn3[C@H]3C[C@H](O)[C@@H](CO)O3)c(=O)[nH]2)c2ccccc2)cc1. The first kappa shape index (κ1) is 31.9. The van der Waals surface area contributed by atoms with Gasteiger partial charge in [0.2, 0.25) is 5.95 Å². The van der Waals surface area contributed by atoms with E-state index in [2.05, 4.69) is 44.5 Å². The highest BCUT2D eigenvalue weighted by molar-refractivity contribution is 6.00. The van der Waals surface area contributed by atoms with Gasteiger partial charge < -0.3 is 25.0 Å². The fourth-order valence-corrected chi connectivity index (χ4v) is 5.88. The molecule has 0 aliphatic carbocycles. The molecule has 3 heterocycles. The number of H-pyrrole nitrogens is 1. The second-order valence-electron chi connectivity index (χ2n) is 11.3. The van der Waals surface area contributed by atoms with Crippen LogP contribution in [0.25, 0.3) is 22.3 Å². The highest BCUT2D eigenvalue weighted by Crippen LogP contribution is 2.36. The molecule has 47 heavy (non-hydrogen) atoms. The van der Waals surface area contributed by atoms with Crippen molar-refractivity contribution in [3.63, 3.8) is 0 Å². The van der Waals surface area contributed by atoms with Gasteiger partial charge in [-0.3, -0.25) is 19.3 Å². The summed E-state index contributed by atoms with van der Waals surface area (Å²) in [6.45, 7) is 4.81. The second kappa shape index (κ2) is 14.5. The number of ether oxygens (including phenoxy) is 2. The number of nitrogens with zero attached hydrogens (tertiary/aromatic N) is 4. The van der Waals surface area contributed by atoms with Gasteiger partial charge in [-0.25, -0.2) is 4.98 Å². The van der Waals surface area contributed by atoms with Crippen LogP contribution in [0.15, 0.2) is 101 Å². The van der Waals surface area contributed by atoms with Crippen molar-refractivity contribution >= 4 is 34.5 Å². The van der Waals surface area contributed by atoms with Gasteiger partial charge in [0.15, 0.2) is 11.2 Å². The summed E-state index contributed by atoms with van der Waals surface area (Å²) in [4.78, 5) is 29.2. The Morgan fingerprint density at radius 1 is 1.09 bits per heavy atom. The van der Waals surface area contributed by atoms with Crippen molar-refractivity contribution in [2.75, 3.05) is 25.1 Å². The van der Waals surface area contributed by atoms with E-state index in [9.17, 15) is 15.0 Å². The molecule has 0 radical (unpaired) electrons. The summed E-state index contributed by atoms with van der Waals surface area (Å²) in [7, 11) is 0. The molecule has 11 nitrogen and oxygen atoms in total. The van der Waals surface area contributed by atoms with Crippen molar-refractivity contribution in [1.29, 1.82) is 0 Å². The van der Waals surface area contributed by atoms with E-state index in [1.54, 1.807) is 10.8 Å². The fourth-order valence-electron chi connectivity index (χ4n) is 5.88. The van der Waals surface area contributed by atoms with E-state index < -0.39 is 24.0 Å². The molecule has 1 unspecified atom stereocenters. The van der Waals surface area contributed by atoms with Gasteiger partial charge in [-0.1, -0.05) is 72.8 Å². The fraction of sp³-hybridized carbons (Fsp3) is 0.278. The predicted molar refractivity (Wildman–Crippen MR) is 183 cm³/mol. The normalized spacial score (nSPS) is 19.2. The van der Waals surface area contributed by atoms with Crippen LogP contribution in [0.3, 0.4) is 0 Å². The molecule has 0 spiro atoms. The molecule has 2 aromatic heterocycles. The molecular weight excluding hydrogens is 596 g/mol. The van der Waals surface area contributed by atoms with Crippen LogP contribution in [0.1, 0.15) is 43.2 Å². The standard InChI is InChI=1S/C36H38N6O5/c1-3-37-18-19-46-27-16-14-26(15-17-27)32(25-12-8-5-9-13-25)31(24-10-6-4-7-11-24)23(2)39-36-40-34-33(35(45)41-36)38-22-42(34)30-20-28(44)29(21-43)47-30/h4-18,22-23,28-30,43-44H,3,19-21H2,1-2H3,(H2,39,40,41,45)/b32-31-,37-18?/t23?,28-,29+,30+/m0/s1. The van der Waals surface area contributed by atoms with Crippen LogP contribution in [0.4, 0.5) is 5.95 Å². The zero-order chi connectivity index (χ0) is 32.8. The van der Waals surface area contributed by atoms with Crippen molar-refractivity contribution in [2.45, 2.75) is 44.7 Å². The van der Waals surface area contributed by atoms with Gasteiger partial charge >= 0.3 is 0 Å². The first-order valence-electron chi connectivity index (χ1n) is 15.7. The molecule has 11 heteroatoms. The van der Waals surface area contributed by atoms with E-state index in [1.165, 1.54) is 6.33 Å². The Morgan fingerprint density at radius 2 is 1.77 bits per heavy atom. The van der Waals surface area contributed by atoms with Gasteiger partial charge in [0, 0.05) is 19.2 Å². The molecule has 242 valence electrons. The third-order valence-corrected chi connectivity index (χ3v) is 8.11. The summed E-state index contributed by atoms with van der Waals surface area (Å²) in [6.07, 6.45) is 1.30. The second-order valence-corrected chi connectivity index (χ2v) is 11.3. The number of anilines is 1. The maximum atomic E-state index is 13.2. The summed E-state index contributed by atoms with van der Waals surface area (Å²) >= 11 is 0. The smallest absolute Gasteiger partial charge is 0.280 e. The van der Waals surface area contributed by atoms with Crippen LogP contribution < -0.4 is 15.6 Å². The molecule has 0 saturated carbocycles. The number of aliphatic hydroxyl groups excluding tert-OH is 2. The minimum atomic E-state index is -0.840. The van der Waals surface area contributed by atoms with Crippen molar-refractivity contribution in [2.24, 2.45) is 4.99 Å². The van der Waals surface area contributed by atoms with Crippen molar-refractivity contribution in [1.82, 2.24) is 19.5 Å². The lowest BCUT2D eigenvalue weighted by molar-refractivity contribution is -0.0432. The first-order valence-corrected chi connectivity index (χ1v) is 15.7. The molecule has 1 saturated heterocycles. The molecule has 1 aliphatic rings. The minimum absolute atomic E-state index is 0.154. The van der Waals surface area contributed by atoms with Gasteiger partial charge in [0.1, 0.15) is 24.7 Å². The minimum Gasteiger partial charge on any atom is -0.488 e. The van der Waals surface area contributed by atoms with Crippen molar-refractivity contribution < 1.29 is 19.7 Å². The average molecular weight is 635 g/mol. The van der Waals surface area contributed by atoms with Crippen LogP contribution in [0.2, 0.25) is 0 Å². The zero-order valence-corrected chi connectivity index (χ0v) is 26.3. The Kier molecular flexibility index (Phi) is 9.86. The summed E-state index contributed by atoms with van der Waals surface area (Å²) in [5.74, 6) is 0.999. The predicted octanol–water partition coefficient (Wildman–Crippen LogP) is 4.69.